The molecule has 0 saturated carbocycles. The Hall–Kier alpha value is -1.07. The van der Waals surface area contributed by atoms with E-state index in [-0.39, 0.29) is 0 Å². The molecule has 1 aromatic rings. The molecule has 1 aliphatic heterocycles. The Morgan fingerprint density at radius 1 is 1.38 bits per heavy atom. The van der Waals surface area contributed by atoms with E-state index in [2.05, 4.69) is 9.44 Å². The highest BCUT2D eigenvalue weighted by Crippen LogP contribution is 2.21. The van der Waals surface area contributed by atoms with Gasteiger partial charge in [0.2, 0.25) is 0 Å². The van der Waals surface area contributed by atoms with Gasteiger partial charge in [-0.2, -0.15) is 13.1 Å². The molecule has 2 N–H and O–H groups in total. The van der Waals surface area contributed by atoms with Crippen molar-refractivity contribution < 1.29 is 8.42 Å². The monoisotopic (exact) mass is 198 g/mol. The Kier molecular flexibility index (Phi) is 1.78. The molecule has 0 unspecified atom stereocenters. The van der Waals surface area contributed by atoms with Crippen LogP contribution >= 0.6 is 0 Å². The predicted molar refractivity (Wildman–Crippen MR) is 50.6 cm³/mol. The zero-order valence-corrected chi connectivity index (χ0v) is 7.98. The molecule has 4 nitrogen and oxygen atoms in total. The van der Waals surface area contributed by atoms with E-state index in [0.717, 1.165) is 11.1 Å². The van der Waals surface area contributed by atoms with Crippen molar-refractivity contribution in [2.45, 2.75) is 13.5 Å². The van der Waals surface area contributed by atoms with Crippen molar-refractivity contribution in [3.05, 3.63) is 29.3 Å². The average molecular weight is 198 g/mol. The van der Waals surface area contributed by atoms with E-state index in [1.807, 2.05) is 25.1 Å². The van der Waals surface area contributed by atoms with Crippen LogP contribution in [0.1, 0.15) is 11.1 Å². The number of hydrogen-bond donors (Lipinski definition) is 2. The maximum Gasteiger partial charge on any atom is 0.299 e. The van der Waals surface area contributed by atoms with Crippen LogP contribution < -0.4 is 9.44 Å². The van der Waals surface area contributed by atoms with Crippen molar-refractivity contribution >= 4 is 15.9 Å². The molecule has 0 atom stereocenters. The largest absolute Gasteiger partial charge is 0.299 e. The van der Waals surface area contributed by atoms with Crippen LogP contribution in [0.2, 0.25) is 0 Å². The smallest absolute Gasteiger partial charge is 0.271 e. The quantitative estimate of drug-likeness (QED) is 0.646. The molecule has 13 heavy (non-hydrogen) atoms. The first-order valence-corrected chi connectivity index (χ1v) is 5.42. The summed E-state index contributed by atoms with van der Waals surface area (Å²) in [6.45, 7) is 2.29. The minimum absolute atomic E-state index is 0.366. The molecule has 0 saturated heterocycles. The highest BCUT2D eigenvalue weighted by Gasteiger charge is 2.18. The molecule has 0 amide bonds. The van der Waals surface area contributed by atoms with Crippen LogP contribution in [0.25, 0.3) is 0 Å². The van der Waals surface area contributed by atoms with E-state index in [4.69, 9.17) is 0 Å². The minimum Gasteiger partial charge on any atom is -0.271 e. The van der Waals surface area contributed by atoms with Crippen molar-refractivity contribution in [1.29, 1.82) is 0 Å². The van der Waals surface area contributed by atoms with E-state index < -0.39 is 10.2 Å². The summed E-state index contributed by atoms with van der Waals surface area (Å²) in [5, 5.41) is 0. The van der Waals surface area contributed by atoms with Crippen LogP contribution in [0.15, 0.2) is 18.2 Å². The van der Waals surface area contributed by atoms with Gasteiger partial charge < -0.3 is 0 Å². The zero-order valence-electron chi connectivity index (χ0n) is 7.16. The van der Waals surface area contributed by atoms with Crippen molar-refractivity contribution in [3.63, 3.8) is 0 Å². The first-order chi connectivity index (χ1) is 6.07. The molecule has 2 rings (SSSR count). The lowest BCUT2D eigenvalue weighted by Gasteiger charge is -2.19. The number of hydrogen-bond acceptors (Lipinski definition) is 2. The molecule has 0 spiro atoms. The second-order valence-electron chi connectivity index (χ2n) is 3.09. The molecule has 0 aliphatic carbocycles. The lowest BCUT2D eigenvalue weighted by atomic mass is 10.1. The van der Waals surface area contributed by atoms with Crippen LogP contribution in [0, 0.1) is 6.92 Å². The normalized spacial score (nSPS) is 18.8. The molecule has 1 heterocycles. The number of nitrogens with one attached hydrogen (secondary N) is 2. The molecular formula is C8H10N2O2S. The number of fused-ring (bicyclic) bond motifs is 1. The Bertz CT molecular complexity index is 439. The summed E-state index contributed by atoms with van der Waals surface area (Å²) in [5.41, 5.74) is 2.70. The van der Waals surface area contributed by atoms with Crippen molar-refractivity contribution in [2.75, 3.05) is 4.72 Å². The minimum atomic E-state index is -3.31. The lowest BCUT2D eigenvalue weighted by molar-refractivity contribution is 0.584. The van der Waals surface area contributed by atoms with Gasteiger partial charge in [-0.05, 0) is 24.1 Å². The number of aryl methyl sites for hydroxylation is 1. The van der Waals surface area contributed by atoms with Crippen molar-refractivity contribution in [3.8, 4) is 0 Å². The number of benzene rings is 1. The Labute approximate surface area is 77.2 Å². The molecule has 70 valence electrons. The first-order valence-electron chi connectivity index (χ1n) is 3.94. The zero-order chi connectivity index (χ0) is 9.47. The van der Waals surface area contributed by atoms with Gasteiger partial charge in [0.1, 0.15) is 0 Å². The van der Waals surface area contributed by atoms with Crippen LogP contribution in [0.4, 0.5) is 5.69 Å². The third-order valence-corrected chi connectivity index (χ3v) is 2.98. The molecule has 0 aromatic heterocycles. The van der Waals surface area contributed by atoms with Gasteiger partial charge in [0, 0.05) is 6.54 Å². The maximum atomic E-state index is 11.1. The summed E-state index contributed by atoms with van der Waals surface area (Å²) >= 11 is 0. The van der Waals surface area contributed by atoms with E-state index in [1.165, 1.54) is 0 Å². The third-order valence-electron chi connectivity index (χ3n) is 1.96. The van der Waals surface area contributed by atoms with Gasteiger partial charge in [-0.25, -0.2) is 0 Å². The molecule has 0 bridgehead atoms. The summed E-state index contributed by atoms with van der Waals surface area (Å²) in [6, 6.07) is 5.70. The van der Waals surface area contributed by atoms with Gasteiger partial charge in [-0.3, -0.25) is 4.72 Å². The average Bonchev–Trinajstić information content (AvgIpc) is 2.01. The highest BCUT2D eigenvalue weighted by atomic mass is 32.2. The number of rotatable bonds is 0. The maximum absolute atomic E-state index is 11.1. The van der Waals surface area contributed by atoms with Gasteiger partial charge >= 0.3 is 0 Å². The van der Waals surface area contributed by atoms with Crippen LogP contribution in [-0.2, 0) is 16.8 Å². The topological polar surface area (TPSA) is 58.2 Å². The first kappa shape index (κ1) is 8.52. The van der Waals surface area contributed by atoms with Gasteiger partial charge in [0.15, 0.2) is 0 Å². The van der Waals surface area contributed by atoms with E-state index >= 15 is 0 Å². The van der Waals surface area contributed by atoms with Gasteiger partial charge in [-0.15, -0.1) is 0 Å². The second-order valence-corrected chi connectivity index (χ2v) is 4.59. The fourth-order valence-corrected chi connectivity index (χ4v) is 2.19. The predicted octanol–water partition coefficient (Wildman–Crippen LogP) is 0.755. The molecule has 0 radical (unpaired) electrons. The summed E-state index contributed by atoms with van der Waals surface area (Å²) in [4.78, 5) is 0. The van der Waals surface area contributed by atoms with Gasteiger partial charge in [0.05, 0.1) is 5.69 Å². The summed E-state index contributed by atoms with van der Waals surface area (Å²) in [5.74, 6) is 0. The molecular weight excluding hydrogens is 188 g/mol. The Morgan fingerprint density at radius 2 is 2.15 bits per heavy atom. The van der Waals surface area contributed by atoms with E-state index in [1.54, 1.807) is 0 Å². The van der Waals surface area contributed by atoms with Crippen LogP contribution in [0.3, 0.4) is 0 Å². The fraction of sp³-hybridized carbons (Fsp3) is 0.250. The molecule has 1 aromatic carbocycles. The van der Waals surface area contributed by atoms with Crippen molar-refractivity contribution in [1.82, 2.24) is 4.72 Å². The summed E-state index contributed by atoms with van der Waals surface area (Å²) in [7, 11) is -3.31. The standard InChI is InChI=1S/C8H10N2O2S/c1-6-2-3-7-5-9-13(11,12)10-8(7)4-6/h2-4,9-10H,5H2,1H3. The van der Waals surface area contributed by atoms with E-state index in [9.17, 15) is 8.42 Å². The lowest BCUT2D eigenvalue weighted by Crippen LogP contribution is -2.34. The third kappa shape index (κ3) is 1.66. The van der Waals surface area contributed by atoms with Crippen LogP contribution in [-0.4, -0.2) is 8.42 Å². The van der Waals surface area contributed by atoms with Gasteiger partial charge in [-0.1, -0.05) is 12.1 Å². The highest BCUT2D eigenvalue weighted by molar-refractivity contribution is 7.90. The molecule has 1 aliphatic rings. The van der Waals surface area contributed by atoms with Crippen molar-refractivity contribution in [2.24, 2.45) is 0 Å². The molecule has 0 fully saturated rings. The Balaban J connectivity index is 2.50. The van der Waals surface area contributed by atoms with E-state index in [0.29, 0.717) is 12.2 Å². The van der Waals surface area contributed by atoms with Gasteiger partial charge in [0.25, 0.3) is 10.2 Å². The summed E-state index contributed by atoms with van der Waals surface area (Å²) < 4.78 is 27.0. The fourth-order valence-electron chi connectivity index (χ4n) is 1.29. The second kappa shape index (κ2) is 2.71. The number of anilines is 1. The molecule has 5 heteroatoms. The Morgan fingerprint density at radius 3 is 2.92 bits per heavy atom. The van der Waals surface area contributed by atoms with Crippen LogP contribution in [0.5, 0.6) is 0 Å². The SMILES string of the molecule is Cc1ccc2c(c1)NS(=O)(=O)NC2. The summed E-state index contributed by atoms with van der Waals surface area (Å²) in [6.07, 6.45) is 0.